The van der Waals surface area contributed by atoms with Crippen molar-refractivity contribution in [2.24, 2.45) is 0 Å². The SMILES string of the molecule is COC(=O)c1ccc(COc2ccc(C3NC(=O)c4cnn(-c5ccccc5)c4N3)cc2)cc1. The first-order valence-electron chi connectivity index (χ1n) is 10.7. The van der Waals surface area contributed by atoms with Crippen molar-refractivity contribution in [1.29, 1.82) is 0 Å². The summed E-state index contributed by atoms with van der Waals surface area (Å²) >= 11 is 0. The molecular weight excluding hydrogens is 432 g/mol. The van der Waals surface area contributed by atoms with Crippen LogP contribution in [-0.2, 0) is 11.3 Å². The van der Waals surface area contributed by atoms with E-state index in [1.54, 1.807) is 23.0 Å². The van der Waals surface area contributed by atoms with Gasteiger partial charge < -0.3 is 20.1 Å². The number of methoxy groups -OCH3 is 1. The quantitative estimate of drug-likeness (QED) is 0.426. The Morgan fingerprint density at radius 1 is 0.971 bits per heavy atom. The van der Waals surface area contributed by atoms with E-state index in [1.165, 1.54) is 7.11 Å². The molecule has 170 valence electrons. The summed E-state index contributed by atoms with van der Waals surface area (Å²) in [5.74, 6) is 0.788. The number of carbonyl (C=O) groups is 2. The Hall–Kier alpha value is -4.59. The summed E-state index contributed by atoms with van der Waals surface area (Å²) in [5, 5.41) is 10.7. The topological polar surface area (TPSA) is 94.5 Å². The third-order valence-corrected chi connectivity index (χ3v) is 5.57. The van der Waals surface area contributed by atoms with Gasteiger partial charge in [0.1, 0.15) is 29.9 Å². The largest absolute Gasteiger partial charge is 0.489 e. The predicted molar refractivity (Wildman–Crippen MR) is 126 cm³/mol. The lowest BCUT2D eigenvalue weighted by Gasteiger charge is -2.27. The van der Waals surface area contributed by atoms with Crippen LogP contribution in [0.15, 0.2) is 85.1 Å². The molecule has 34 heavy (non-hydrogen) atoms. The van der Waals surface area contributed by atoms with Crippen LogP contribution in [0.2, 0.25) is 0 Å². The fourth-order valence-electron chi connectivity index (χ4n) is 3.74. The smallest absolute Gasteiger partial charge is 0.337 e. The number of para-hydroxylation sites is 1. The minimum Gasteiger partial charge on any atom is -0.489 e. The summed E-state index contributed by atoms with van der Waals surface area (Å²) < 4.78 is 12.3. The van der Waals surface area contributed by atoms with Gasteiger partial charge in [-0.2, -0.15) is 5.10 Å². The number of hydrogen-bond donors (Lipinski definition) is 2. The van der Waals surface area contributed by atoms with Gasteiger partial charge in [-0.15, -0.1) is 0 Å². The van der Waals surface area contributed by atoms with Crippen LogP contribution >= 0.6 is 0 Å². The molecule has 2 N–H and O–H groups in total. The number of nitrogens with zero attached hydrogens (tertiary/aromatic N) is 2. The van der Waals surface area contributed by atoms with Gasteiger partial charge in [0.2, 0.25) is 0 Å². The fraction of sp³-hybridized carbons (Fsp3) is 0.115. The Labute approximate surface area is 196 Å². The molecule has 4 aromatic rings. The molecule has 0 spiro atoms. The van der Waals surface area contributed by atoms with E-state index in [-0.39, 0.29) is 11.9 Å². The average molecular weight is 454 g/mol. The summed E-state index contributed by atoms with van der Waals surface area (Å²) in [5.41, 5.74) is 3.68. The van der Waals surface area contributed by atoms with Gasteiger partial charge in [0, 0.05) is 0 Å². The van der Waals surface area contributed by atoms with Crippen LogP contribution in [0.25, 0.3) is 5.69 Å². The number of nitrogens with one attached hydrogen (secondary N) is 2. The maximum atomic E-state index is 12.7. The molecule has 1 atom stereocenters. The van der Waals surface area contributed by atoms with Crippen LogP contribution in [0.5, 0.6) is 5.75 Å². The number of carbonyl (C=O) groups excluding carboxylic acids is 2. The summed E-state index contributed by atoms with van der Waals surface area (Å²) in [7, 11) is 1.36. The molecule has 1 aromatic heterocycles. The Morgan fingerprint density at radius 2 is 1.71 bits per heavy atom. The second kappa shape index (κ2) is 9.11. The van der Waals surface area contributed by atoms with Crippen molar-refractivity contribution in [2.75, 3.05) is 12.4 Å². The van der Waals surface area contributed by atoms with E-state index >= 15 is 0 Å². The first kappa shape index (κ1) is 21.3. The Kier molecular flexibility index (Phi) is 5.70. The molecule has 5 rings (SSSR count). The maximum absolute atomic E-state index is 12.7. The second-order valence-electron chi connectivity index (χ2n) is 7.75. The van der Waals surface area contributed by atoms with Crippen LogP contribution in [0.4, 0.5) is 5.82 Å². The summed E-state index contributed by atoms with van der Waals surface area (Å²) in [6, 6.07) is 24.3. The highest BCUT2D eigenvalue weighted by Crippen LogP contribution is 2.29. The number of aromatic nitrogens is 2. The third-order valence-electron chi connectivity index (χ3n) is 5.57. The second-order valence-corrected chi connectivity index (χ2v) is 7.75. The van der Waals surface area contributed by atoms with E-state index in [2.05, 4.69) is 15.7 Å². The molecule has 0 saturated carbocycles. The number of amides is 1. The van der Waals surface area contributed by atoms with Gasteiger partial charge in [0.05, 0.1) is 24.6 Å². The molecule has 0 radical (unpaired) electrons. The average Bonchev–Trinajstić information content (AvgIpc) is 3.33. The van der Waals surface area contributed by atoms with Crippen LogP contribution in [0.1, 0.15) is 38.0 Å². The molecule has 1 unspecified atom stereocenters. The molecule has 0 saturated heterocycles. The number of ether oxygens (including phenoxy) is 2. The molecule has 3 aromatic carbocycles. The molecule has 8 nitrogen and oxygen atoms in total. The number of rotatable bonds is 6. The van der Waals surface area contributed by atoms with Crippen molar-refractivity contribution in [2.45, 2.75) is 12.8 Å². The molecule has 1 aliphatic rings. The highest BCUT2D eigenvalue weighted by atomic mass is 16.5. The molecule has 1 amide bonds. The van der Waals surface area contributed by atoms with Crippen LogP contribution < -0.4 is 15.4 Å². The van der Waals surface area contributed by atoms with Crippen molar-refractivity contribution in [3.63, 3.8) is 0 Å². The molecule has 0 aliphatic carbocycles. The Bertz CT molecular complexity index is 1320. The van der Waals surface area contributed by atoms with Gasteiger partial charge in [-0.1, -0.05) is 42.5 Å². The minimum absolute atomic E-state index is 0.184. The van der Waals surface area contributed by atoms with Gasteiger partial charge in [0.25, 0.3) is 5.91 Å². The zero-order chi connectivity index (χ0) is 23.5. The van der Waals surface area contributed by atoms with E-state index in [0.29, 0.717) is 29.3 Å². The lowest BCUT2D eigenvalue weighted by Crippen LogP contribution is -2.38. The van der Waals surface area contributed by atoms with E-state index < -0.39 is 6.17 Å². The molecule has 0 fully saturated rings. The van der Waals surface area contributed by atoms with Crippen LogP contribution in [0.3, 0.4) is 0 Å². The van der Waals surface area contributed by atoms with Crippen LogP contribution in [0, 0.1) is 0 Å². The molecular formula is C26H22N4O4. The number of fused-ring (bicyclic) bond motifs is 1. The molecule has 8 heteroatoms. The standard InChI is InChI=1S/C26H22N4O4/c1-33-26(32)19-9-7-17(8-10-19)16-34-21-13-11-18(12-14-21)23-28-24-22(25(31)29-23)15-27-30(24)20-5-3-2-4-6-20/h2-15,23,28H,16H2,1H3,(H,29,31). The normalized spacial score (nSPS) is 14.5. The number of benzene rings is 3. The Morgan fingerprint density at radius 3 is 2.41 bits per heavy atom. The number of esters is 1. The highest BCUT2D eigenvalue weighted by Gasteiger charge is 2.28. The summed E-state index contributed by atoms with van der Waals surface area (Å²) in [6.07, 6.45) is 1.16. The summed E-state index contributed by atoms with van der Waals surface area (Å²) in [4.78, 5) is 24.2. The van der Waals surface area contributed by atoms with Gasteiger partial charge in [-0.05, 0) is 47.5 Å². The van der Waals surface area contributed by atoms with E-state index in [9.17, 15) is 9.59 Å². The fourth-order valence-corrected chi connectivity index (χ4v) is 3.74. The van der Waals surface area contributed by atoms with Crippen molar-refractivity contribution in [3.05, 3.63) is 107 Å². The minimum atomic E-state index is -0.404. The Balaban J connectivity index is 1.27. The summed E-state index contributed by atoms with van der Waals surface area (Å²) in [6.45, 7) is 0.360. The zero-order valence-corrected chi connectivity index (χ0v) is 18.4. The number of anilines is 1. The predicted octanol–water partition coefficient (Wildman–Crippen LogP) is 4.09. The van der Waals surface area contributed by atoms with Crippen molar-refractivity contribution >= 4 is 17.7 Å². The van der Waals surface area contributed by atoms with E-state index in [0.717, 1.165) is 16.8 Å². The molecule has 2 heterocycles. The maximum Gasteiger partial charge on any atom is 0.337 e. The first-order valence-corrected chi connectivity index (χ1v) is 10.7. The van der Waals surface area contributed by atoms with Gasteiger partial charge in [0.15, 0.2) is 0 Å². The monoisotopic (exact) mass is 454 g/mol. The molecule has 1 aliphatic heterocycles. The molecule has 0 bridgehead atoms. The first-order chi connectivity index (χ1) is 16.6. The van der Waals surface area contributed by atoms with Crippen LogP contribution in [-0.4, -0.2) is 28.8 Å². The van der Waals surface area contributed by atoms with E-state index in [1.807, 2.05) is 66.7 Å². The number of hydrogen-bond acceptors (Lipinski definition) is 6. The van der Waals surface area contributed by atoms with Gasteiger partial charge >= 0.3 is 5.97 Å². The van der Waals surface area contributed by atoms with Gasteiger partial charge in [-0.25, -0.2) is 9.48 Å². The van der Waals surface area contributed by atoms with Crippen molar-refractivity contribution < 1.29 is 19.1 Å². The third kappa shape index (κ3) is 4.21. The highest BCUT2D eigenvalue weighted by molar-refractivity contribution is 6.01. The van der Waals surface area contributed by atoms with Crippen molar-refractivity contribution in [1.82, 2.24) is 15.1 Å². The lowest BCUT2D eigenvalue weighted by atomic mass is 10.1. The van der Waals surface area contributed by atoms with Crippen molar-refractivity contribution in [3.8, 4) is 11.4 Å². The van der Waals surface area contributed by atoms with Gasteiger partial charge in [-0.3, -0.25) is 4.79 Å². The zero-order valence-electron chi connectivity index (χ0n) is 18.4. The van der Waals surface area contributed by atoms with E-state index in [4.69, 9.17) is 9.47 Å². The lowest BCUT2D eigenvalue weighted by molar-refractivity contribution is 0.0600.